The predicted octanol–water partition coefficient (Wildman–Crippen LogP) is 3.99. The summed E-state index contributed by atoms with van der Waals surface area (Å²) in [5, 5.41) is 5.83. The van der Waals surface area contributed by atoms with Gasteiger partial charge in [0, 0.05) is 29.9 Å². The van der Waals surface area contributed by atoms with E-state index < -0.39 is 5.97 Å². The van der Waals surface area contributed by atoms with E-state index >= 15 is 0 Å². The van der Waals surface area contributed by atoms with Crippen LogP contribution in [0.15, 0.2) is 28.1 Å². The molecule has 3 aromatic rings. The SMILES string of the molecule is CCCn1c(C)cc(C(=O)COC(=O)CCc2nc(-c3cccs3)no2)c1C. The fourth-order valence-electron chi connectivity index (χ4n) is 3.02. The van der Waals surface area contributed by atoms with Crippen LogP contribution in [0.4, 0.5) is 0 Å². The number of ketones is 1. The highest BCUT2D eigenvalue weighted by molar-refractivity contribution is 7.13. The number of ether oxygens (including phenoxy) is 1. The summed E-state index contributed by atoms with van der Waals surface area (Å²) in [5.74, 6) is 0.221. The van der Waals surface area contributed by atoms with E-state index in [9.17, 15) is 9.59 Å². The first-order chi connectivity index (χ1) is 13.5. The van der Waals surface area contributed by atoms with Crippen molar-refractivity contribution in [3.63, 3.8) is 0 Å². The number of nitrogens with zero attached hydrogens (tertiary/aromatic N) is 3. The molecule has 3 aromatic heterocycles. The number of aromatic nitrogens is 3. The quantitative estimate of drug-likeness (QED) is 0.398. The van der Waals surface area contributed by atoms with Crippen molar-refractivity contribution >= 4 is 23.1 Å². The molecule has 0 aliphatic rings. The lowest BCUT2D eigenvalue weighted by Gasteiger charge is -2.08. The van der Waals surface area contributed by atoms with Gasteiger partial charge in [0.15, 0.2) is 6.61 Å². The van der Waals surface area contributed by atoms with Gasteiger partial charge in [-0.25, -0.2) is 0 Å². The number of thiophene rings is 1. The smallest absolute Gasteiger partial charge is 0.306 e. The average Bonchev–Trinajstić information content (AvgIpc) is 3.41. The Kier molecular flexibility index (Phi) is 6.41. The molecule has 148 valence electrons. The van der Waals surface area contributed by atoms with Crippen LogP contribution in [0.2, 0.25) is 0 Å². The van der Waals surface area contributed by atoms with Crippen LogP contribution in [0.3, 0.4) is 0 Å². The predicted molar refractivity (Wildman–Crippen MR) is 105 cm³/mol. The van der Waals surface area contributed by atoms with Crippen molar-refractivity contribution in [2.24, 2.45) is 0 Å². The van der Waals surface area contributed by atoms with Crippen LogP contribution in [-0.2, 0) is 22.5 Å². The summed E-state index contributed by atoms with van der Waals surface area (Å²) in [5.41, 5.74) is 2.55. The van der Waals surface area contributed by atoms with Crippen LogP contribution in [-0.4, -0.2) is 33.1 Å². The molecule has 0 saturated carbocycles. The van der Waals surface area contributed by atoms with Gasteiger partial charge in [0.2, 0.25) is 17.5 Å². The number of Topliss-reactive ketones (excluding diaryl/α,β-unsaturated/α-hetero) is 1. The van der Waals surface area contributed by atoms with Crippen molar-refractivity contribution in [3.05, 3.63) is 46.4 Å². The normalized spacial score (nSPS) is 11.0. The van der Waals surface area contributed by atoms with Crippen molar-refractivity contribution in [3.8, 4) is 10.7 Å². The minimum absolute atomic E-state index is 0.0776. The van der Waals surface area contributed by atoms with Gasteiger partial charge in [0.25, 0.3) is 0 Å². The maximum atomic E-state index is 12.4. The number of hydrogen-bond acceptors (Lipinski definition) is 7. The molecule has 0 aliphatic carbocycles. The summed E-state index contributed by atoms with van der Waals surface area (Å²) in [6, 6.07) is 5.66. The molecular weight excluding hydrogens is 378 g/mol. The second kappa shape index (κ2) is 8.97. The van der Waals surface area contributed by atoms with Crippen LogP contribution in [0.5, 0.6) is 0 Å². The molecule has 0 unspecified atom stereocenters. The molecule has 0 amide bonds. The largest absolute Gasteiger partial charge is 0.457 e. The molecule has 7 nitrogen and oxygen atoms in total. The summed E-state index contributed by atoms with van der Waals surface area (Å²) in [6.07, 6.45) is 1.34. The zero-order chi connectivity index (χ0) is 20.1. The highest BCUT2D eigenvalue weighted by Gasteiger charge is 2.18. The minimum atomic E-state index is -0.466. The Morgan fingerprint density at radius 2 is 2.14 bits per heavy atom. The van der Waals surface area contributed by atoms with Gasteiger partial charge in [-0.05, 0) is 37.8 Å². The molecule has 0 radical (unpaired) electrons. The van der Waals surface area contributed by atoms with Crippen LogP contribution >= 0.6 is 11.3 Å². The fourth-order valence-corrected chi connectivity index (χ4v) is 3.67. The first-order valence-electron chi connectivity index (χ1n) is 9.21. The zero-order valence-electron chi connectivity index (χ0n) is 16.2. The van der Waals surface area contributed by atoms with Crippen molar-refractivity contribution in [2.75, 3.05) is 6.61 Å². The molecule has 3 rings (SSSR count). The molecule has 0 aromatic carbocycles. The molecule has 3 heterocycles. The standard InChI is InChI=1S/C20H23N3O4S/c1-4-9-23-13(2)11-15(14(23)3)16(24)12-26-19(25)8-7-18-21-20(22-27-18)17-6-5-10-28-17/h5-6,10-11H,4,7-9,12H2,1-3H3. The van der Waals surface area contributed by atoms with Gasteiger partial charge in [-0.15, -0.1) is 11.3 Å². The van der Waals surface area contributed by atoms with E-state index in [0.29, 0.717) is 17.3 Å². The van der Waals surface area contributed by atoms with E-state index in [2.05, 4.69) is 21.6 Å². The third-order valence-electron chi connectivity index (χ3n) is 4.44. The van der Waals surface area contributed by atoms with Crippen LogP contribution in [0, 0.1) is 13.8 Å². The molecule has 0 saturated heterocycles. The average molecular weight is 401 g/mol. The molecule has 28 heavy (non-hydrogen) atoms. The number of carbonyl (C=O) groups is 2. The van der Waals surface area contributed by atoms with Crippen molar-refractivity contribution in [1.82, 2.24) is 14.7 Å². The molecule has 0 atom stereocenters. The van der Waals surface area contributed by atoms with Crippen LogP contribution in [0.1, 0.15) is 47.4 Å². The molecule has 0 bridgehead atoms. The summed E-state index contributed by atoms with van der Waals surface area (Å²) >= 11 is 1.51. The number of aryl methyl sites for hydroxylation is 2. The molecule has 0 fully saturated rings. The molecule has 8 heteroatoms. The van der Waals surface area contributed by atoms with E-state index in [0.717, 1.165) is 29.2 Å². The molecular formula is C20H23N3O4S. The van der Waals surface area contributed by atoms with Gasteiger partial charge < -0.3 is 13.8 Å². The Morgan fingerprint density at radius 1 is 1.32 bits per heavy atom. The van der Waals surface area contributed by atoms with Gasteiger partial charge in [0.1, 0.15) is 0 Å². The summed E-state index contributed by atoms with van der Waals surface area (Å²) < 4.78 is 12.4. The minimum Gasteiger partial charge on any atom is -0.457 e. The fraction of sp³-hybridized carbons (Fsp3) is 0.400. The number of hydrogen-bond donors (Lipinski definition) is 0. The van der Waals surface area contributed by atoms with E-state index in [-0.39, 0.29) is 25.2 Å². The van der Waals surface area contributed by atoms with Crippen molar-refractivity contribution in [2.45, 2.75) is 46.6 Å². The van der Waals surface area contributed by atoms with E-state index in [1.54, 1.807) is 0 Å². The Hall–Kier alpha value is -2.74. The van der Waals surface area contributed by atoms with E-state index in [1.165, 1.54) is 11.3 Å². The van der Waals surface area contributed by atoms with Gasteiger partial charge in [0.05, 0.1) is 11.3 Å². The summed E-state index contributed by atoms with van der Waals surface area (Å²) in [7, 11) is 0. The van der Waals surface area contributed by atoms with Gasteiger partial charge in [-0.3, -0.25) is 9.59 Å². The number of rotatable bonds is 9. The second-order valence-corrected chi connectivity index (χ2v) is 7.46. The Balaban J connectivity index is 1.49. The Bertz CT molecular complexity index is 956. The lowest BCUT2D eigenvalue weighted by atomic mass is 10.1. The van der Waals surface area contributed by atoms with Gasteiger partial charge in [-0.1, -0.05) is 18.1 Å². The Morgan fingerprint density at radius 3 is 2.86 bits per heavy atom. The third kappa shape index (κ3) is 4.56. The van der Waals surface area contributed by atoms with Crippen LogP contribution < -0.4 is 0 Å². The van der Waals surface area contributed by atoms with Crippen molar-refractivity contribution < 1.29 is 18.8 Å². The van der Waals surface area contributed by atoms with Gasteiger partial charge >= 0.3 is 5.97 Å². The highest BCUT2D eigenvalue weighted by atomic mass is 32.1. The number of carbonyl (C=O) groups excluding carboxylic acids is 2. The maximum Gasteiger partial charge on any atom is 0.306 e. The molecule has 0 aliphatic heterocycles. The van der Waals surface area contributed by atoms with Crippen molar-refractivity contribution in [1.29, 1.82) is 0 Å². The molecule has 0 N–H and O–H groups in total. The van der Waals surface area contributed by atoms with E-state index in [1.807, 2.05) is 37.4 Å². The first-order valence-corrected chi connectivity index (χ1v) is 10.1. The molecule has 0 spiro atoms. The maximum absolute atomic E-state index is 12.4. The lowest BCUT2D eigenvalue weighted by molar-refractivity contribution is -0.142. The van der Waals surface area contributed by atoms with E-state index in [4.69, 9.17) is 9.26 Å². The highest BCUT2D eigenvalue weighted by Crippen LogP contribution is 2.21. The summed E-state index contributed by atoms with van der Waals surface area (Å²) in [6.45, 7) is 6.58. The second-order valence-electron chi connectivity index (χ2n) is 6.51. The third-order valence-corrected chi connectivity index (χ3v) is 5.30. The Labute approximate surface area is 167 Å². The monoisotopic (exact) mass is 401 g/mol. The van der Waals surface area contributed by atoms with Gasteiger partial charge in [-0.2, -0.15) is 4.98 Å². The summed E-state index contributed by atoms with van der Waals surface area (Å²) in [4.78, 5) is 29.6. The number of esters is 1. The zero-order valence-corrected chi connectivity index (χ0v) is 17.0. The topological polar surface area (TPSA) is 87.2 Å². The van der Waals surface area contributed by atoms with Crippen LogP contribution in [0.25, 0.3) is 10.7 Å². The lowest BCUT2D eigenvalue weighted by Crippen LogP contribution is -2.15. The first kappa shape index (κ1) is 20.0.